The molecule has 0 spiro atoms. The molecule has 2 aromatic carbocycles. The smallest absolute Gasteiger partial charge is 0.310 e. The zero-order valence-electron chi connectivity index (χ0n) is 17.5. The Labute approximate surface area is 189 Å². The van der Waals surface area contributed by atoms with Gasteiger partial charge in [0.1, 0.15) is 0 Å². The van der Waals surface area contributed by atoms with Crippen molar-refractivity contribution in [3.63, 3.8) is 0 Å². The Hall–Kier alpha value is -2.02. The molecular formula is C23H24BrClFNO3. The molecule has 160 valence electrons. The zero-order valence-corrected chi connectivity index (χ0v) is 19.9. The van der Waals surface area contributed by atoms with Gasteiger partial charge in [0, 0.05) is 16.6 Å². The van der Waals surface area contributed by atoms with Gasteiger partial charge in [-0.3, -0.25) is 9.78 Å². The van der Waals surface area contributed by atoms with Crippen LogP contribution < -0.4 is 0 Å². The molecule has 7 heteroatoms. The molecule has 4 nitrogen and oxygen atoms in total. The highest BCUT2D eigenvalue weighted by Gasteiger charge is 2.21. The first-order valence-corrected chi connectivity index (χ1v) is 10.4. The molecular weight excluding hydrogens is 473 g/mol. The summed E-state index contributed by atoms with van der Waals surface area (Å²) in [4.78, 5) is 16.5. The third kappa shape index (κ3) is 6.00. The number of aliphatic hydroxyl groups is 1. The second-order valence-corrected chi connectivity index (χ2v) is 8.95. The average molecular weight is 497 g/mol. The van der Waals surface area contributed by atoms with Gasteiger partial charge in [-0.15, -0.1) is 0 Å². The second kappa shape index (κ2) is 9.86. The number of halogens is 3. The summed E-state index contributed by atoms with van der Waals surface area (Å²) in [5, 5.41) is 9.32. The van der Waals surface area contributed by atoms with Gasteiger partial charge in [-0.25, -0.2) is 4.39 Å². The predicted octanol–water partition coefficient (Wildman–Crippen LogP) is 6.26. The maximum atomic E-state index is 14.4. The maximum absolute atomic E-state index is 14.4. The first-order chi connectivity index (χ1) is 13.9. The maximum Gasteiger partial charge on any atom is 0.310 e. The largest absolute Gasteiger partial charge is 0.469 e. The first-order valence-electron chi connectivity index (χ1n) is 9.25. The van der Waals surface area contributed by atoms with Crippen molar-refractivity contribution in [2.75, 3.05) is 7.11 Å². The molecule has 30 heavy (non-hydrogen) atoms. The number of hydrogen-bond donors (Lipinski definition) is 1. The molecule has 0 aliphatic heterocycles. The summed E-state index contributed by atoms with van der Waals surface area (Å²) >= 11 is 9.43. The summed E-state index contributed by atoms with van der Waals surface area (Å²) in [7, 11) is 1.33. The van der Waals surface area contributed by atoms with E-state index in [1.54, 1.807) is 32.9 Å². The number of methoxy groups -OCH3 is 1. The standard InChI is InChI=1S/C19H14BrClFNO2.C4H10O/c1-10-13(9-16(24)25-2)17(11-5-3-4-6-15(11)23-10)12-7-8-14(20)19(22)18(12)21;1-4(2,3)5/h3-8H,9H2,1-2H3;5H,1-3H3. The lowest BCUT2D eigenvalue weighted by atomic mass is 9.92. The highest BCUT2D eigenvalue weighted by atomic mass is 79.9. The van der Waals surface area contributed by atoms with Crippen LogP contribution in [0.1, 0.15) is 32.0 Å². The van der Waals surface area contributed by atoms with E-state index in [0.717, 1.165) is 10.9 Å². The molecule has 1 aromatic heterocycles. The van der Waals surface area contributed by atoms with Gasteiger partial charge in [0.25, 0.3) is 0 Å². The Bertz CT molecular complexity index is 1070. The minimum Gasteiger partial charge on any atom is -0.469 e. The number of aryl methyl sites for hydroxylation is 1. The highest BCUT2D eigenvalue weighted by molar-refractivity contribution is 9.10. The fraction of sp³-hybridized carbons (Fsp3) is 0.304. The molecule has 1 N–H and O–H groups in total. The summed E-state index contributed by atoms with van der Waals surface area (Å²) in [6, 6.07) is 10.8. The van der Waals surface area contributed by atoms with Crippen molar-refractivity contribution >= 4 is 44.4 Å². The number of carbonyl (C=O) groups is 1. The molecule has 0 saturated carbocycles. The number of para-hydroxylation sites is 1. The Balaban J connectivity index is 0.000000575. The Kier molecular flexibility index (Phi) is 7.97. The van der Waals surface area contributed by atoms with Crippen molar-refractivity contribution < 1.29 is 19.0 Å². The van der Waals surface area contributed by atoms with Crippen LogP contribution in [0.4, 0.5) is 4.39 Å². The topological polar surface area (TPSA) is 59.4 Å². The molecule has 0 unspecified atom stereocenters. The van der Waals surface area contributed by atoms with Crippen LogP contribution in [-0.2, 0) is 16.0 Å². The van der Waals surface area contributed by atoms with E-state index >= 15 is 0 Å². The predicted molar refractivity (Wildman–Crippen MR) is 122 cm³/mol. The number of benzene rings is 2. The summed E-state index contributed by atoms with van der Waals surface area (Å²) in [5.41, 5.74) is 2.82. The number of esters is 1. The van der Waals surface area contributed by atoms with Gasteiger partial charge in [-0.2, -0.15) is 0 Å². The summed E-state index contributed by atoms with van der Waals surface area (Å²) in [5.74, 6) is -0.933. The average Bonchev–Trinajstić information content (AvgIpc) is 2.66. The third-order valence-corrected chi connectivity index (χ3v) is 5.04. The minimum atomic E-state index is -0.540. The number of fused-ring (bicyclic) bond motifs is 1. The summed E-state index contributed by atoms with van der Waals surface area (Å²) in [6.07, 6.45) is 0.0313. The normalized spacial score (nSPS) is 11.1. The van der Waals surface area contributed by atoms with Crippen molar-refractivity contribution in [1.82, 2.24) is 4.98 Å². The molecule has 0 aliphatic carbocycles. The van der Waals surface area contributed by atoms with Gasteiger partial charge in [-0.05, 0) is 66.9 Å². The lowest BCUT2D eigenvalue weighted by Crippen LogP contribution is -2.10. The monoisotopic (exact) mass is 495 g/mol. The quantitative estimate of drug-likeness (QED) is 0.343. The molecule has 0 bridgehead atoms. The number of carbonyl (C=O) groups excluding carboxylic acids is 1. The van der Waals surface area contributed by atoms with Crippen molar-refractivity contribution in [3.05, 3.63) is 63.0 Å². The van der Waals surface area contributed by atoms with Crippen LogP contribution in [0, 0.1) is 12.7 Å². The Morgan fingerprint density at radius 3 is 2.43 bits per heavy atom. The zero-order chi connectivity index (χ0) is 22.6. The van der Waals surface area contributed by atoms with Gasteiger partial charge in [0.05, 0.1) is 34.1 Å². The molecule has 0 fully saturated rings. The number of aromatic nitrogens is 1. The van der Waals surface area contributed by atoms with Crippen LogP contribution in [0.5, 0.6) is 0 Å². The van der Waals surface area contributed by atoms with E-state index in [-0.39, 0.29) is 15.9 Å². The fourth-order valence-electron chi connectivity index (χ4n) is 2.83. The first kappa shape index (κ1) is 24.3. The number of nitrogens with zero attached hydrogens (tertiary/aromatic N) is 1. The van der Waals surface area contributed by atoms with Crippen molar-refractivity contribution in [2.24, 2.45) is 0 Å². The third-order valence-electron chi connectivity index (χ3n) is 4.05. The van der Waals surface area contributed by atoms with Gasteiger partial charge < -0.3 is 9.84 Å². The van der Waals surface area contributed by atoms with E-state index < -0.39 is 17.4 Å². The number of hydrogen-bond acceptors (Lipinski definition) is 4. The van der Waals surface area contributed by atoms with E-state index in [1.165, 1.54) is 7.11 Å². The number of pyridine rings is 1. The Morgan fingerprint density at radius 2 is 1.83 bits per heavy atom. The lowest BCUT2D eigenvalue weighted by Gasteiger charge is -2.17. The number of rotatable bonds is 3. The van der Waals surface area contributed by atoms with Crippen LogP contribution >= 0.6 is 27.5 Å². The van der Waals surface area contributed by atoms with Crippen LogP contribution in [0.2, 0.25) is 5.02 Å². The van der Waals surface area contributed by atoms with Gasteiger partial charge in [-0.1, -0.05) is 35.9 Å². The van der Waals surface area contributed by atoms with Crippen LogP contribution in [-0.4, -0.2) is 28.8 Å². The molecule has 0 atom stereocenters. The molecule has 0 saturated heterocycles. The summed E-state index contributed by atoms with van der Waals surface area (Å²) in [6.45, 7) is 7.05. The second-order valence-electron chi connectivity index (χ2n) is 7.71. The molecule has 0 radical (unpaired) electrons. The molecule has 3 rings (SSSR count). The number of ether oxygens (including phenoxy) is 1. The SMILES string of the molecule is CC(C)(C)O.COC(=O)Cc1c(C)nc2ccccc2c1-c1ccc(Br)c(F)c1Cl. The molecule has 3 aromatic rings. The molecule has 0 amide bonds. The van der Waals surface area contributed by atoms with Gasteiger partial charge in [0.15, 0.2) is 5.82 Å². The molecule has 0 aliphatic rings. The van der Waals surface area contributed by atoms with E-state index in [0.29, 0.717) is 22.4 Å². The van der Waals surface area contributed by atoms with Crippen LogP contribution in [0.3, 0.4) is 0 Å². The fourth-order valence-corrected chi connectivity index (χ4v) is 3.54. The van der Waals surface area contributed by atoms with Crippen molar-refractivity contribution in [1.29, 1.82) is 0 Å². The highest BCUT2D eigenvalue weighted by Crippen LogP contribution is 2.40. The van der Waals surface area contributed by atoms with Crippen LogP contribution in [0.25, 0.3) is 22.0 Å². The van der Waals surface area contributed by atoms with Crippen molar-refractivity contribution in [3.8, 4) is 11.1 Å². The minimum absolute atomic E-state index is 0.00348. The Morgan fingerprint density at radius 1 is 1.23 bits per heavy atom. The summed E-state index contributed by atoms with van der Waals surface area (Å²) < 4.78 is 19.4. The van der Waals surface area contributed by atoms with Crippen LogP contribution in [0.15, 0.2) is 40.9 Å². The van der Waals surface area contributed by atoms with E-state index in [9.17, 15) is 9.18 Å². The lowest BCUT2D eigenvalue weighted by molar-refractivity contribution is -0.139. The van der Waals surface area contributed by atoms with E-state index in [4.69, 9.17) is 21.4 Å². The van der Waals surface area contributed by atoms with Gasteiger partial charge in [0.2, 0.25) is 0 Å². The van der Waals surface area contributed by atoms with E-state index in [1.807, 2.05) is 31.2 Å². The van der Waals surface area contributed by atoms with Crippen molar-refractivity contribution in [2.45, 2.75) is 39.7 Å². The van der Waals surface area contributed by atoms with E-state index in [2.05, 4.69) is 20.9 Å². The van der Waals surface area contributed by atoms with Gasteiger partial charge >= 0.3 is 5.97 Å². The molecule has 1 heterocycles.